The summed E-state index contributed by atoms with van der Waals surface area (Å²) in [4.78, 5) is 39.0. The van der Waals surface area contributed by atoms with Crippen LogP contribution in [-0.2, 0) is 14.3 Å². The van der Waals surface area contributed by atoms with Crippen LogP contribution in [0.4, 0.5) is 0 Å². The first-order valence-electron chi connectivity index (χ1n) is 10.3. The molecule has 9 heteroatoms. The zero-order valence-electron chi connectivity index (χ0n) is 17.9. The number of halogens is 1. The summed E-state index contributed by atoms with van der Waals surface area (Å²) < 4.78 is 13.9. The Kier molecular flexibility index (Phi) is 7.21. The molecule has 33 heavy (non-hydrogen) atoms. The van der Waals surface area contributed by atoms with E-state index in [2.05, 4.69) is 15.9 Å². The number of fused-ring (bicyclic) bond motifs is 3. The van der Waals surface area contributed by atoms with Crippen molar-refractivity contribution in [3.05, 3.63) is 69.1 Å². The van der Waals surface area contributed by atoms with Crippen LogP contribution in [0.5, 0.6) is 0 Å². The highest BCUT2D eigenvalue weighted by Crippen LogP contribution is 2.43. The van der Waals surface area contributed by atoms with Crippen LogP contribution in [0.3, 0.4) is 0 Å². The number of thioether (sulfide) groups is 1. The quantitative estimate of drug-likeness (QED) is 0.154. The average molecular weight is 546 g/mol. The lowest BCUT2D eigenvalue weighted by Gasteiger charge is -2.04. The minimum Gasteiger partial charge on any atom is -0.465 e. The normalized spacial score (nSPS) is 11.1. The Hall–Kier alpha value is -2.62. The van der Waals surface area contributed by atoms with Gasteiger partial charge in [-0.2, -0.15) is 0 Å². The third-order valence-corrected chi connectivity index (χ3v) is 7.82. The molecule has 0 fully saturated rings. The van der Waals surface area contributed by atoms with Crippen molar-refractivity contribution >= 4 is 73.2 Å². The minimum absolute atomic E-state index is 0.101. The average Bonchev–Trinajstić information content (AvgIpc) is 3.34. The number of hydrogen-bond donors (Lipinski definition) is 0. The molecule has 4 aromatic rings. The maximum absolute atomic E-state index is 13.6. The number of rotatable bonds is 8. The second-order valence-electron chi connectivity index (χ2n) is 6.92. The van der Waals surface area contributed by atoms with E-state index in [0.717, 1.165) is 8.68 Å². The number of esters is 2. The third kappa shape index (κ3) is 4.58. The fraction of sp³-hybridized carbons (Fsp3) is 0.208. The van der Waals surface area contributed by atoms with E-state index in [-0.39, 0.29) is 24.1 Å². The molecule has 4 rings (SSSR count). The van der Waals surface area contributed by atoms with Gasteiger partial charge in [-0.1, -0.05) is 22.0 Å². The molecule has 0 spiro atoms. The molecule has 0 aliphatic heterocycles. The van der Waals surface area contributed by atoms with Gasteiger partial charge in [0, 0.05) is 21.6 Å². The van der Waals surface area contributed by atoms with Gasteiger partial charge in [-0.15, -0.1) is 23.1 Å². The molecule has 0 amide bonds. The highest BCUT2D eigenvalue weighted by atomic mass is 79.9. The van der Waals surface area contributed by atoms with Crippen molar-refractivity contribution in [2.24, 2.45) is 0 Å². The molecule has 0 bridgehead atoms. The number of thiophene rings is 1. The van der Waals surface area contributed by atoms with Gasteiger partial charge in [-0.25, -0.2) is 4.79 Å². The smallest absolute Gasteiger partial charge is 0.341 e. The number of carbonyl (C=O) groups excluding carboxylic acids is 3. The number of carbonyl (C=O) groups is 3. The van der Waals surface area contributed by atoms with Crippen LogP contribution in [0.2, 0.25) is 0 Å². The van der Waals surface area contributed by atoms with Gasteiger partial charge in [0.1, 0.15) is 0 Å². The van der Waals surface area contributed by atoms with Crippen LogP contribution in [0.1, 0.15) is 39.4 Å². The monoisotopic (exact) mass is 545 g/mol. The van der Waals surface area contributed by atoms with Crippen molar-refractivity contribution in [3.8, 4) is 0 Å². The number of benzene rings is 1. The summed E-state index contributed by atoms with van der Waals surface area (Å²) >= 11 is 5.97. The molecule has 170 valence electrons. The van der Waals surface area contributed by atoms with E-state index >= 15 is 0 Å². The SMILES string of the molecule is CCOC(=O)CSc1sc(C(=O)c2ccc(Br)cc2)c2c(C(=O)OCC)c3ccccn3c12. The van der Waals surface area contributed by atoms with Crippen LogP contribution in [0.15, 0.2) is 57.3 Å². The zero-order valence-corrected chi connectivity index (χ0v) is 21.1. The topological polar surface area (TPSA) is 74.1 Å². The van der Waals surface area contributed by atoms with E-state index in [9.17, 15) is 14.4 Å². The van der Waals surface area contributed by atoms with Crippen molar-refractivity contribution < 1.29 is 23.9 Å². The van der Waals surface area contributed by atoms with Crippen LogP contribution < -0.4 is 0 Å². The molecule has 0 N–H and O–H groups in total. The van der Waals surface area contributed by atoms with Crippen LogP contribution in [0.25, 0.3) is 16.4 Å². The molecule has 1 aromatic carbocycles. The van der Waals surface area contributed by atoms with Crippen molar-refractivity contribution in [1.29, 1.82) is 0 Å². The van der Waals surface area contributed by atoms with E-state index in [4.69, 9.17) is 9.47 Å². The summed E-state index contributed by atoms with van der Waals surface area (Å²) in [6, 6.07) is 12.6. The molecule has 0 aliphatic carbocycles. The van der Waals surface area contributed by atoms with Gasteiger partial charge in [-0.3, -0.25) is 9.59 Å². The standard InChI is InChI=1S/C24H20BrNO5S2/c1-3-30-17(27)13-32-24-20-19(22(33-24)21(28)14-8-10-15(25)11-9-14)18(23(29)31-4-2)16-7-5-6-12-26(16)20/h5-12H,3-4,13H2,1-2H3. The van der Waals surface area contributed by atoms with Gasteiger partial charge in [0.25, 0.3) is 0 Å². The first-order chi connectivity index (χ1) is 16.0. The number of pyridine rings is 1. The van der Waals surface area contributed by atoms with Gasteiger partial charge in [-0.05, 0) is 50.2 Å². The molecule has 0 unspecified atom stereocenters. The Morgan fingerprint density at radius 2 is 1.76 bits per heavy atom. The molecule has 0 saturated heterocycles. The maximum atomic E-state index is 13.6. The van der Waals surface area contributed by atoms with Crippen molar-refractivity contribution in [3.63, 3.8) is 0 Å². The van der Waals surface area contributed by atoms with E-state index < -0.39 is 5.97 Å². The third-order valence-electron chi connectivity index (χ3n) is 4.88. The Labute approximate surface area is 207 Å². The van der Waals surface area contributed by atoms with Gasteiger partial charge in [0.15, 0.2) is 0 Å². The fourth-order valence-electron chi connectivity index (χ4n) is 3.55. The Morgan fingerprint density at radius 1 is 1.03 bits per heavy atom. The zero-order chi connectivity index (χ0) is 23.5. The molecule has 3 heterocycles. The lowest BCUT2D eigenvalue weighted by Crippen LogP contribution is -2.06. The first-order valence-corrected chi connectivity index (χ1v) is 12.9. The Morgan fingerprint density at radius 3 is 2.45 bits per heavy atom. The lowest BCUT2D eigenvalue weighted by molar-refractivity contribution is -0.139. The lowest BCUT2D eigenvalue weighted by atomic mass is 10.1. The molecule has 6 nitrogen and oxygen atoms in total. The van der Waals surface area contributed by atoms with E-state index in [1.54, 1.807) is 38.1 Å². The molecule has 3 aromatic heterocycles. The summed E-state index contributed by atoms with van der Waals surface area (Å²) in [6.07, 6.45) is 1.84. The number of ether oxygens (including phenoxy) is 2. The summed E-state index contributed by atoms with van der Waals surface area (Å²) in [6.45, 7) is 4.02. The van der Waals surface area contributed by atoms with Gasteiger partial charge in [0.2, 0.25) is 5.78 Å². The van der Waals surface area contributed by atoms with Crippen LogP contribution >= 0.6 is 39.0 Å². The number of aromatic nitrogens is 1. The maximum Gasteiger partial charge on any atom is 0.341 e. The predicted molar refractivity (Wildman–Crippen MR) is 134 cm³/mol. The van der Waals surface area contributed by atoms with Crippen LogP contribution in [0, 0.1) is 0 Å². The molecule has 0 radical (unpaired) electrons. The molecule has 0 aliphatic rings. The van der Waals surface area contributed by atoms with Crippen LogP contribution in [-0.4, -0.2) is 41.1 Å². The van der Waals surface area contributed by atoms with Crippen molar-refractivity contribution in [2.75, 3.05) is 19.0 Å². The molecule has 0 saturated carbocycles. The van der Waals surface area contributed by atoms with Gasteiger partial charge in [0.05, 0.1) is 44.6 Å². The summed E-state index contributed by atoms with van der Waals surface area (Å²) in [5.41, 5.74) is 2.23. The predicted octanol–water partition coefficient (Wildman–Crippen LogP) is 5.98. The molecule has 0 atom stereocenters. The molecular formula is C24H20BrNO5S2. The minimum atomic E-state index is -0.485. The van der Waals surface area contributed by atoms with E-state index in [1.165, 1.54) is 23.1 Å². The number of ketones is 1. The van der Waals surface area contributed by atoms with Crippen molar-refractivity contribution in [2.45, 2.75) is 18.1 Å². The second kappa shape index (κ2) is 10.1. The summed E-state index contributed by atoms with van der Waals surface area (Å²) in [5.74, 6) is -0.913. The van der Waals surface area contributed by atoms with Gasteiger partial charge < -0.3 is 13.9 Å². The van der Waals surface area contributed by atoms with Gasteiger partial charge >= 0.3 is 11.9 Å². The summed E-state index contributed by atoms with van der Waals surface area (Å²) in [5, 5.41) is 0.545. The number of hydrogen-bond acceptors (Lipinski definition) is 7. The highest BCUT2D eigenvalue weighted by Gasteiger charge is 2.29. The largest absolute Gasteiger partial charge is 0.465 e. The number of nitrogens with zero attached hydrogens (tertiary/aromatic N) is 1. The fourth-order valence-corrected chi connectivity index (χ4v) is 6.14. The summed E-state index contributed by atoms with van der Waals surface area (Å²) in [7, 11) is 0. The second-order valence-corrected chi connectivity index (χ2v) is 10.1. The van der Waals surface area contributed by atoms with E-state index in [0.29, 0.717) is 39.0 Å². The molecular weight excluding hydrogens is 526 g/mol. The van der Waals surface area contributed by atoms with Crippen molar-refractivity contribution in [1.82, 2.24) is 4.40 Å². The Bertz CT molecular complexity index is 1360. The first kappa shape index (κ1) is 23.5. The van der Waals surface area contributed by atoms with E-state index in [1.807, 2.05) is 28.8 Å². The highest BCUT2D eigenvalue weighted by molar-refractivity contribution is 9.10. The Balaban J connectivity index is 1.96.